The molecule has 0 aromatic heterocycles. The fourth-order valence-corrected chi connectivity index (χ4v) is 1.24. The highest BCUT2D eigenvalue weighted by molar-refractivity contribution is 4.84. The number of rotatable bonds is 1. The number of nitrogens with one attached hydrogen (secondary N) is 1. The van der Waals surface area contributed by atoms with Crippen molar-refractivity contribution >= 4 is 0 Å². The summed E-state index contributed by atoms with van der Waals surface area (Å²) in [6.45, 7) is 2.00. The molecule has 1 saturated heterocycles. The number of nitrogens with zero attached hydrogens (tertiary/aromatic N) is 1. The Morgan fingerprint density at radius 3 is 3.00 bits per heavy atom. The van der Waals surface area contributed by atoms with Crippen LogP contribution in [-0.2, 0) is 0 Å². The minimum absolute atomic E-state index is 0.238. The van der Waals surface area contributed by atoms with Crippen molar-refractivity contribution in [2.75, 3.05) is 26.7 Å². The maximum Gasteiger partial charge on any atom is 0.157 e. The van der Waals surface area contributed by atoms with Crippen LogP contribution >= 0.6 is 0 Å². The van der Waals surface area contributed by atoms with Crippen molar-refractivity contribution in [3.8, 4) is 12.3 Å². The predicted octanol–water partition coefficient (Wildman–Crippen LogP) is -1.05. The van der Waals surface area contributed by atoms with Crippen LogP contribution in [0.3, 0.4) is 0 Å². The van der Waals surface area contributed by atoms with E-state index in [4.69, 9.17) is 11.5 Å². The molecule has 0 spiro atoms. The van der Waals surface area contributed by atoms with E-state index in [0.29, 0.717) is 24.2 Å². The smallest absolute Gasteiger partial charge is 0.157 e. The highest BCUT2D eigenvalue weighted by Gasteiger charge is 2.32. The molecule has 0 aliphatic carbocycles. The zero-order valence-corrected chi connectivity index (χ0v) is 6.17. The summed E-state index contributed by atoms with van der Waals surface area (Å²) in [7, 11) is 1.98. The Kier molecular flexibility index (Phi) is 1.95. The first-order valence-electron chi connectivity index (χ1n) is 3.37. The van der Waals surface area contributed by atoms with E-state index in [2.05, 4.69) is 11.3 Å². The molecule has 3 nitrogen and oxygen atoms in total. The average molecular weight is 141 g/mol. The number of likely N-dealkylation sites (N-methyl/N-ethyl adjacent to an activating group) is 1. The summed E-state index contributed by atoms with van der Waals surface area (Å²) in [4.78, 5) is 0. The van der Waals surface area contributed by atoms with Crippen molar-refractivity contribution in [1.82, 2.24) is 5.43 Å². The Morgan fingerprint density at radius 2 is 2.60 bits per heavy atom. The van der Waals surface area contributed by atoms with Gasteiger partial charge in [-0.1, -0.05) is 0 Å². The van der Waals surface area contributed by atoms with Crippen molar-refractivity contribution in [3.63, 3.8) is 0 Å². The molecule has 1 rings (SSSR count). The Labute approximate surface area is 61.2 Å². The summed E-state index contributed by atoms with van der Waals surface area (Å²) in [5.74, 6) is 2.57. The number of hydrogen-bond acceptors (Lipinski definition) is 2. The summed E-state index contributed by atoms with van der Waals surface area (Å²) in [6.07, 6.45) is 4.91. The highest BCUT2D eigenvalue weighted by atomic mass is 16.3. The molecule has 2 N–H and O–H groups in total. The quantitative estimate of drug-likeness (QED) is 0.360. The second-order valence-corrected chi connectivity index (χ2v) is 2.96. The van der Waals surface area contributed by atoms with Gasteiger partial charge in [0.05, 0.1) is 13.6 Å². The number of quaternary nitrogens is 1. The summed E-state index contributed by atoms with van der Waals surface area (Å²) in [5, 5.41) is 9.14. The summed E-state index contributed by atoms with van der Waals surface area (Å²) >= 11 is 0. The number of terminal acetylenes is 1. The van der Waals surface area contributed by atoms with Crippen molar-refractivity contribution in [3.05, 3.63) is 0 Å². The van der Waals surface area contributed by atoms with Gasteiger partial charge < -0.3 is 5.11 Å². The molecule has 0 amide bonds. The summed E-state index contributed by atoms with van der Waals surface area (Å²) in [6, 6.07) is 0. The zero-order chi connectivity index (χ0) is 7.61. The van der Waals surface area contributed by atoms with Crippen LogP contribution in [0.25, 0.3) is 0 Å². The van der Waals surface area contributed by atoms with E-state index in [1.807, 2.05) is 7.05 Å². The van der Waals surface area contributed by atoms with E-state index in [0.717, 1.165) is 0 Å². The van der Waals surface area contributed by atoms with Gasteiger partial charge in [-0.15, -0.1) is 6.42 Å². The van der Waals surface area contributed by atoms with Gasteiger partial charge in [0.2, 0.25) is 0 Å². The molecule has 0 saturated carbocycles. The summed E-state index contributed by atoms with van der Waals surface area (Å²) in [5.41, 5.74) is 3.13. The van der Waals surface area contributed by atoms with Crippen molar-refractivity contribution in [1.29, 1.82) is 0 Å². The molecule has 2 atom stereocenters. The fourth-order valence-electron chi connectivity index (χ4n) is 1.24. The van der Waals surface area contributed by atoms with Crippen LogP contribution in [0.2, 0.25) is 0 Å². The van der Waals surface area contributed by atoms with Gasteiger partial charge in [-0.2, -0.15) is 5.43 Å². The van der Waals surface area contributed by atoms with E-state index in [-0.39, 0.29) is 6.10 Å². The molecule has 0 radical (unpaired) electrons. The highest BCUT2D eigenvalue weighted by Crippen LogP contribution is 2.05. The van der Waals surface area contributed by atoms with Gasteiger partial charge in [0.25, 0.3) is 0 Å². The number of hydrogen-bond donors (Lipinski definition) is 2. The van der Waals surface area contributed by atoms with Gasteiger partial charge in [0, 0.05) is 0 Å². The SMILES string of the molecule is C#CC[N+]1(C)C[C@@H](O)CN1. The first kappa shape index (κ1) is 7.55. The van der Waals surface area contributed by atoms with Crippen LogP contribution in [0.5, 0.6) is 0 Å². The molecule has 56 valence electrons. The van der Waals surface area contributed by atoms with Gasteiger partial charge in [-0.25, -0.2) is 4.59 Å². The third-order valence-electron chi connectivity index (χ3n) is 1.76. The molecule has 1 aliphatic heterocycles. The lowest BCUT2D eigenvalue weighted by Crippen LogP contribution is -2.50. The minimum atomic E-state index is -0.238. The van der Waals surface area contributed by atoms with Crippen LogP contribution in [0.4, 0.5) is 0 Å². The van der Waals surface area contributed by atoms with Crippen LogP contribution in [0.1, 0.15) is 0 Å². The van der Waals surface area contributed by atoms with E-state index in [9.17, 15) is 0 Å². The second-order valence-electron chi connectivity index (χ2n) is 2.96. The molecule has 10 heavy (non-hydrogen) atoms. The van der Waals surface area contributed by atoms with Crippen molar-refractivity contribution in [2.24, 2.45) is 0 Å². The standard InChI is InChI=1S/C7H13N2O/c1-3-4-9(2)6-7(10)5-8-9/h1,7-8,10H,4-6H2,2H3/q+1/t7-,9?/m0/s1. The number of aliphatic hydroxyl groups is 1. The lowest BCUT2D eigenvalue weighted by Gasteiger charge is -2.24. The van der Waals surface area contributed by atoms with E-state index >= 15 is 0 Å². The maximum absolute atomic E-state index is 9.14. The van der Waals surface area contributed by atoms with E-state index < -0.39 is 0 Å². The van der Waals surface area contributed by atoms with E-state index in [1.165, 1.54) is 0 Å². The largest absolute Gasteiger partial charge is 0.386 e. The normalized spacial score (nSPS) is 39.5. The lowest BCUT2D eigenvalue weighted by atomic mass is 10.4. The number of aliphatic hydroxyl groups excluding tert-OH is 1. The molecule has 0 bridgehead atoms. The first-order chi connectivity index (χ1) is 4.66. The minimum Gasteiger partial charge on any atom is -0.386 e. The van der Waals surface area contributed by atoms with Gasteiger partial charge in [-0.05, 0) is 5.92 Å². The lowest BCUT2D eigenvalue weighted by molar-refractivity contribution is -0.934. The molecule has 1 aliphatic rings. The zero-order valence-electron chi connectivity index (χ0n) is 6.17. The molecule has 0 aromatic carbocycles. The molecule has 3 heteroatoms. The topological polar surface area (TPSA) is 32.3 Å². The Balaban J connectivity index is 2.48. The number of β-amino-alcohol motifs (C(OH)–C–C–N with tert-alkyl or cyclic N) is 1. The van der Waals surface area contributed by atoms with Crippen LogP contribution in [0, 0.1) is 12.3 Å². The Bertz CT molecular complexity index is 163. The van der Waals surface area contributed by atoms with Crippen LogP contribution < -0.4 is 5.43 Å². The monoisotopic (exact) mass is 141 g/mol. The third kappa shape index (κ3) is 1.48. The molecule has 1 fully saturated rings. The van der Waals surface area contributed by atoms with Gasteiger partial charge in [0.1, 0.15) is 12.6 Å². The average Bonchev–Trinajstić information content (AvgIpc) is 2.12. The fraction of sp³-hybridized carbons (Fsp3) is 0.714. The van der Waals surface area contributed by atoms with Gasteiger partial charge in [-0.3, -0.25) is 0 Å². The predicted molar refractivity (Wildman–Crippen MR) is 38.8 cm³/mol. The molecule has 0 aromatic rings. The molecular weight excluding hydrogens is 128 g/mol. The molecular formula is C7H13N2O+. The van der Waals surface area contributed by atoms with Crippen molar-refractivity contribution in [2.45, 2.75) is 6.10 Å². The van der Waals surface area contributed by atoms with E-state index in [1.54, 1.807) is 0 Å². The Morgan fingerprint density at radius 1 is 1.90 bits per heavy atom. The molecule has 1 heterocycles. The van der Waals surface area contributed by atoms with Crippen molar-refractivity contribution < 1.29 is 9.70 Å². The van der Waals surface area contributed by atoms with Crippen LogP contribution in [0.15, 0.2) is 0 Å². The maximum atomic E-state index is 9.14. The molecule has 1 unspecified atom stereocenters. The van der Waals surface area contributed by atoms with Gasteiger partial charge in [0.15, 0.2) is 6.54 Å². The van der Waals surface area contributed by atoms with Gasteiger partial charge >= 0.3 is 0 Å². The first-order valence-corrected chi connectivity index (χ1v) is 3.37. The van der Waals surface area contributed by atoms with Crippen LogP contribution in [-0.4, -0.2) is 42.5 Å². The third-order valence-corrected chi connectivity index (χ3v) is 1.76. The second kappa shape index (κ2) is 2.59. The Hall–Kier alpha value is -0.560. The summed E-state index contributed by atoms with van der Waals surface area (Å²) < 4.78 is 0.595.